The Morgan fingerprint density at radius 2 is 1.68 bits per heavy atom. The first-order chi connectivity index (χ1) is 21.2. The minimum atomic E-state index is -0.973. The number of amides is 2. The summed E-state index contributed by atoms with van der Waals surface area (Å²) in [5.41, 5.74) is 2.89. The normalized spacial score (nSPS) is 25.5. The molecule has 2 atom stereocenters. The predicted octanol–water partition coefficient (Wildman–Crippen LogP) is 5.45. The van der Waals surface area contributed by atoms with Crippen LogP contribution >= 0.6 is 0 Å². The van der Waals surface area contributed by atoms with Crippen molar-refractivity contribution < 1.29 is 18.4 Å². The maximum absolute atomic E-state index is 14.4. The molecule has 0 radical (unpaired) electrons. The fourth-order valence-corrected chi connectivity index (χ4v) is 8.12. The average Bonchev–Trinajstić information content (AvgIpc) is 3.52. The van der Waals surface area contributed by atoms with Gasteiger partial charge in [-0.05, 0) is 91.3 Å². The second kappa shape index (κ2) is 9.63. The van der Waals surface area contributed by atoms with Crippen molar-refractivity contribution >= 4 is 28.5 Å². The molecule has 2 unspecified atom stereocenters. The first kappa shape index (κ1) is 27.3. The van der Waals surface area contributed by atoms with E-state index in [1.54, 1.807) is 17.3 Å². The van der Waals surface area contributed by atoms with Crippen LogP contribution in [0.15, 0.2) is 60.9 Å². The molecule has 224 valence electrons. The molecule has 9 heteroatoms. The lowest BCUT2D eigenvalue weighted by molar-refractivity contribution is -0.154. The van der Waals surface area contributed by atoms with Gasteiger partial charge in [-0.15, -0.1) is 0 Å². The topological polar surface area (TPSA) is 87.2 Å². The van der Waals surface area contributed by atoms with Gasteiger partial charge >= 0.3 is 0 Å². The third-order valence-corrected chi connectivity index (χ3v) is 10.6. The number of fused-ring (bicyclic) bond motifs is 4. The lowest BCUT2D eigenvalue weighted by Gasteiger charge is -2.54. The number of pyridine rings is 2. The third-order valence-electron chi connectivity index (χ3n) is 10.6. The van der Waals surface area contributed by atoms with Crippen molar-refractivity contribution in [2.75, 3.05) is 11.9 Å². The van der Waals surface area contributed by atoms with Crippen molar-refractivity contribution in [1.82, 2.24) is 20.2 Å². The van der Waals surface area contributed by atoms with E-state index < -0.39 is 28.1 Å². The van der Waals surface area contributed by atoms with Gasteiger partial charge in [-0.25, -0.2) is 13.8 Å². The van der Waals surface area contributed by atoms with Crippen molar-refractivity contribution in [3.8, 4) is 0 Å². The number of halogens is 2. The number of anilines is 1. The molecule has 4 aromatic rings. The number of nitrogens with zero attached hydrogens (tertiary/aromatic N) is 3. The number of nitrogens with one attached hydrogen (secondary N) is 2. The van der Waals surface area contributed by atoms with Crippen molar-refractivity contribution in [2.24, 2.45) is 0 Å². The lowest BCUT2D eigenvalue weighted by atomic mass is 9.75. The number of carbonyl (C=O) groups excluding carboxylic acids is 2. The van der Waals surface area contributed by atoms with Gasteiger partial charge in [0.2, 0.25) is 11.8 Å². The Hall–Kier alpha value is -4.24. The highest BCUT2D eigenvalue weighted by atomic mass is 19.1. The molecule has 7 nitrogen and oxygen atoms in total. The van der Waals surface area contributed by atoms with Crippen LogP contribution in [0.25, 0.3) is 10.9 Å². The average molecular weight is 594 g/mol. The molecule has 2 amide bonds. The van der Waals surface area contributed by atoms with Crippen LogP contribution in [0.2, 0.25) is 0 Å². The molecule has 44 heavy (non-hydrogen) atoms. The number of rotatable bonds is 3. The Bertz CT molecular complexity index is 1850. The Morgan fingerprint density at radius 3 is 2.45 bits per heavy atom. The van der Waals surface area contributed by atoms with Crippen LogP contribution < -0.4 is 10.6 Å². The van der Waals surface area contributed by atoms with E-state index >= 15 is 0 Å². The van der Waals surface area contributed by atoms with Gasteiger partial charge in [0.05, 0.1) is 22.0 Å². The summed E-state index contributed by atoms with van der Waals surface area (Å²) < 4.78 is 28.9. The summed E-state index contributed by atoms with van der Waals surface area (Å²) in [6, 6.07) is 13.6. The van der Waals surface area contributed by atoms with Crippen LogP contribution in [0.3, 0.4) is 0 Å². The highest BCUT2D eigenvalue weighted by Gasteiger charge is 2.53. The van der Waals surface area contributed by atoms with Crippen LogP contribution in [0.5, 0.6) is 0 Å². The maximum Gasteiger partial charge on any atom is 0.243 e. The van der Waals surface area contributed by atoms with E-state index in [1.807, 2.05) is 25.1 Å². The van der Waals surface area contributed by atoms with Crippen molar-refractivity contribution in [1.29, 1.82) is 0 Å². The lowest BCUT2D eigenvalue weighted by Crippen LogP contribution is -2.71. The largest absolute Gasteiger partial charge is 0.326 e. The Labute approximate surface area is 254 Å². The molecule has 2 aliphatic heterocycles. The Balaban J connectivity index is 1.16. The number of carbonyl (C=O) groups is 2. The molecule has 2 N–H and O–H groups in total. The summed E-state index contributed by atoms with van der Waals surface area (Å²) in [5, 5.41) is 7.42. The van der Waals surface area contributed by atoms with Gasteiger partial charge < -0.3 is 15.5 Å². The molecule has 2 fully saturated rings. The van der Waals surface area contributed by atoms with Crippen LogP contribution in [0.4, 0.5) is 14.6 Å². The maximum atomic E-state index is 14.4. The van der Waals surface area contributed by atoms with Gasteiger partial charge in [0.25, 0.3) is 0 Å². The molecule has 2 spiro atoms. The molecule has 8 rings (SSSR count). The second-order valence-corrected chi connectivity index (χ2v) is 13.3. The molecular formula is C35H33F2N5O2. The summed E-state index contributed by atoms with van der Waals surface area (Å²) >= 11 is 0. The minimum absolute atomic E-state index is 0.0259. The van der Waals surface area contributed by atoms with Gasteiger partial charge in [-0.3, -0.25) is 14.6 Å². The summed E-state index contributed by atoms with van der Waals surface area (Å²) in [7, 11) is 0. The molecule has 2 aromatic heterocycles. The zero-order valence-corrected chi connectivity index (χ0v) is 24.6. The molecule has 2 aliphatic carbocycles. The van der Waals surface area contributed by atoms with Gasteiger partial charge in [0.15, 0.2) is 0 Å². The molecule has 1 saturated heterocycles. The van der Waals surface area contributed by atoms with Crippen LogP contribution in [-0.2, 0) is 39.9 Å². The molecule has 1 saturated carbocycles. The molecule has 0 bridgehead atoms. The van der Waals surface area contributed by atoms with E-state index in [0.717, 1.165) is 71.3 Å². The highest BCUT2D eigenvalue weighted by molar-refractivity contribution is 6.06. The van der Waals surface area contributed by atoms with Crippen molar-refractivity contribution in [3.63, 3.8) is 0 Å². The van der Waals surface area contributed by atoms with E-state index in [9.17, 15) is 18.4 Å². The van der Waals surface area contributed by atoms with E-state index in [4.69, 9.17) is 4.98 Å². The number of aromatic nitrogens is 2. The third kappa shape index (κ3) is 4.01. The SMILES string of the molecule is CC1(c2cc(F)cc(F)c2)CNC2(CCCCC2)C(=O)N1Cc1cnc2cc3c(cc2c1)CC1(C3)C(=O)Nc2ncccc21. The van der Waals surface area contributed by atoms with Crippen molar-refractivity contribution in [3.05, 3.63) is 100 Å². The first-order valence-corrected chi connectivity index (χ1v) is 15.4. The molecular weight excluding hydrogens is 560 g/mol. The van der Waals surface area contributed by atoms with E-state index in [0.29, 0.717) is 30.8 Å². The van der Waals surface area contributed by atoms with E-state index in [-0.39, 0.29) is 18.4 Å². The van der Waals surface area contributed by atoms with Crippen molar-refractivity contribution in [2.45, 2.75) is 74.9 Å². The van der Waals surface area contributed by atoms with Gasteiger partial charge in [0.1, 0.15) is 17.5 Å². The number of hydrogen-bond acceptors (Lipinski definition) is 5. The summed E-state index contributed by atoms with van der Waals surface area (Å²) in [5.74, 6) is -0.763. The zero-order chi connectivity index (χ0) is 30.3. The summed E-state index contributed by atoms with van der Waals surface area (Å²) in [6.45, 7) is 2.51. The quantitative estimate of drug-likeness (QED) is 0.330. The fourth-order valence-electron chi connectivity index (χ4n) is 8.12. The Morgan fingerprint density at radius 1 is 0.932 bits per heavy atom. The minimum Gasteiger partial charge on any atom is -0.326 e. The summed E-state index contributed by atoms with van der Waals surface area (Å²) in [6.07, 6.45) is 9.14. The van der Waals surface area contributed by atoms with Gasteiger partial charge in [-0.1, -0.05) is 25.3 Å². The zero-order valence-electron chi connectivity index (χ0n) is 24.6. The fraction of sp³-hybridized carbons (Fsp3) is 0.371. The highest BCUT2D eigenvalue weighted by Crippen LogP contribution is 2.47. The standard InChI is InChI=1S/C35H33F2N5O2/c1-33(25-13-26(36)15-27(37)14-25)20-40-35(7-3-2-4-8-35)32(44)42(33)19-21-10-22-11-23-16-34(17-24(23)12-29(22)39-18-21)28-6-5-9-38-30(28)41-31(34)43/h5-6,9-15,18,40H,2-4,7-8,16-17,19-20H2,1H3,(H,38,41,43). The smallest absolute Gasteiger partial charge is 0.243 e. The number of benzene rings is 2. The van der Waals surface area contributed by atoms with Gasteiger partial charge in [-0.2, -0.15) is 0 Å². The molecule has 4 heterocycles. The second-order valence-electron chi connectivity index (χ2n) is 13.3. The van der Waals surface area contributed by atoms with Gasteiger partial charge in [0, 0.05) is 42.5 Å². The van der Waals surface area contributed by atoms with E-state index in [1.165, 1.54) is 12.1 Å². The monoisotopic (exact) mass is 593 g/mol. The van der Waals surface area contributed by atoms with Crippen LogP contribution in [0, 0.1) is 11.6 Å². The van der Waals surface area contributed by atoms with Crippen LogP contribution in [-0.4, -0.2) is 38.8 Å². The first-order valence-electron chi connectivity index (χ1n) is 15.4. The predicted molar refractivity (Wildman–Crippen MR) is 162 cm³/mol. The Kier molecular flexibility index (Phi) is 5.98. The molecule has 2 aromatic carbocycles. The number of hydrogen-bond donors (Lipinski definition) is 2. The van der Waals surface area contributed by atoms with E-state index in [2.05, 4.69) is 27.8 Å². The number of piperazine rings is 1. The van der Waals surface area contributed by atoms with Crippen LogP contribution in [0.1, 0.15) is 66.8 Å². The summed E-state index contributed by atoms with van der Waals surface area (Å²) in [4.78, 5) is 38.6. The molecule has 4 aliphatic rings.